The van der Waals surface area contributed by atoms with Crippen molar-refractivity contribution in [3.05, 3.63) is 113 Å². The third-order valence-corrected chi connectivity index (χ3v) is 5.97. The number of benzene rings is 3. The van der Waals surface area contributed by atoms with E-state index in [9.17, 15) is 4.79 Å². The fourth-order valence-corrected chi connectivity index (χ4v) is 4.34. The van der Waals surface area contributed by atoms with Gasteiger partial charge in [0.15, 0.2) is 11.5 Å². The first kappa shape index (κ1) is 18.6. The summed E-state index contributed by atoms with van der Waals surface area (Å²) in [6.45, 7) is 0. The SMILES string of the molecule is O=C1C(=Cc2cn(-c3ccccc3)nc2-c2cc3ccccc3o2)CCc2ccccc21. The molecule has 154 valence electrons. The molecule has 0 atom stereocenters. The Balaban J connectivity index is 1.50. The van der Waals surface area contributed by atoms with Gasteiger partial charge in [0.2, 0.25) is 0 Å². The Kier molecular flexibility index (Phi) is 4.36. The van der Waals surface area contributed by atoms with E-state index in [-0.39, 0.29) is 5.78 Å². The average Bonchev–Trinajstić information content (AvgIpc) is 3.46. The number of para-hydroxylation sites is 2. The third-order valence-electron chi connectivity index (χ3n) is 5.97. The highest BCUT2D eigenvalue weighted by Gasteiger charge is 2.23. The Hall–Kier alpha value is -4.18. The molecule has 2 heterocycles. The van der Waals surface area contributed by atoms with Crippen LogP contribution in [0.3, 0.4) is 0 Å². The second kappa shape index (κ2) is 7.50. The number of hydrogen-bond donors (Lipinski definition) is 0. The maximum absolute atomic E-state index is 13.2. The Morgan fingerprint density at radius 2 is 1.66 bits per heavy atom. The van der Waals surface area contributed by atoms with Gasteiger partial charge in [-0.15, -0.1) is 0 Å². The van der Waals surface area contributed by atoms with E-state index in [1.54, 1.807) is 0 Å². The first-order chi connectivity index (χ1) is 15.8. The topological polar surface area (TPSA) is 48.0 Å². The lowest BCUT2D eigenvalue weighted by Gasteiger charge is -2.17. The van der Waals surface area contributed by atoms with Crippen LogP contribution in [-0.2, 0) is 6.42 Å². The van der Waals surface area contributed by atoms with Crippen molar-refractivity contribution in [2.75, 3.05) is 0 Å². The highest BCUT2D eigenvalue weighted by atomic mass is 16.3. The van der Waals surface area contributed by atoms with Crippen molar-refractivity contribution in [2.24, 2.45) is 0 Å². The van der Waals surface area contributed by atoms with E-state index in [4.69, 9.17) is 9.52 Å². The fourth-order valence-electron chi connectivity index (χ4n) is 4.34. The molecular weight excluding hydrogens is 396 g/mol. The van der Waals surface area contributed by atoms with E-state index in [2.05, 4.69) is 0 Å². The number of carbonyl (C=O) groups is 1. The highest BCUT2D eigenvalue weighted by Crippen LogP contribution is 2.33. The largest absolute Gasteiger partial charge is 0.454 e. The van der Waals surface area contributed by atoms with Crippen LogP contribution in [0.4, 0.5) is 0 Å². The normalized spacial score (nSPS) is 14.8. The van der Waals surface area contributed by atoms with Crippen LogP contribution in [-0.4, -0.2) is 15.6 Å². The number of Topliss-reactive ketones (excluding diaryl/α,β-unsaturated/α-hetero) is 1. The first-order valence-electron chi connectivity index (χ1n) is 10.7. The molecule has 1 aliphatic carbocycles. The van der Waals surface area contributed by atoms with Gasteiger partial charge in [-0.05, 0) is 48.7 Å². The smallest absolute Gasteiger partial charge is 0.189 e. The van der Waals surface area contributed by atoms with E-state index >= 15 is 0 Å². The minimum Gasteiger partial charge on any atom is -0.454 e. The van der Waals surface area contributed by atoms with Crippen molar-refractivity contribution in [3.8, 4) is 17.1 Å². The van der Waals surface area contributed by atoms with E-state index in [1.165, 1.54) is 0 Å². The summed E-state index contributed by atoms with van der Waals surface area (Å²) in [6.07, 6.45) is 5.53. The number of hydrogen-bond acceptors (Lipinski definition) is 3. The number of furan rings is 1. The molecule has 0 saturated carbocycles. The molecule has 0 N–H and O–H groups in total. The summed E-state index contributed by atoms with van der Waals surface area (Å²) in [5.41, 5.74) is 6.08. The third kappa shape index (κ3) is 3.17. The van der Waals surface area contributed by atoms with Gasteiger partial charge in [0.25, 0.3) is 0 Å². The second-order valence-electron chi connectivity index (χ2n) is 8.02. The van der Waals surface area contributed by atoms with Crippen molar-refractivity contribution in [1.29, 1.82) is 0 Å². The molecule has 3 aromatic carbocycles. The van der Waals surface area contributed by atoms with Gasteiger partial charge in [-0.2, -0.15) is 5.10 Å². The molecule has 0 radical (unpaired) electrons. The first-order valence-corrected chi connectivity index (χ1v) is 10.7. The molecule has 0 spiro atoms. The van der Waals surface area contributed by atoms with Crippen molar-refractivity contribution >= 4 is 22.8 Å². The van der Waals surface area contributed by atoms with Crippen LogP contribution >= 0.6 is 0 Å². The Labute approximate surface area is 185 Å². The Bertz CT molecular complexity index is 1460. The van der Waals surface area contributed by atoms with Crippen LogP contribution in [0.5, 0.6) is 0 Å². The summed E-state index contributed by atoms with van der Waals surface area (Å²) in [5, 5.41) is 5.87. The molecule has 32 heavy (non-hydrogen) atoms. The standard InChI is InChI=1S/C28H20N2O2/c31-28-21(15-14-19-8-4-6-12-24(19)28)16-22-18-30(23-10-2-1-3-11-23)29-27(22)26-17-20-9-5-7-13-25(20)32-26/h1-13,16-18H,14-15H2. The molecular formula is C28H20N2O2. The van der Waals surface area contributed by atoms with E-state index in [0.717, 1.165) is 51.0 Å². The summed E-state index contributed by atoms with van der Waals surface area (Å²) in [6, 6.07) is 27.8. The maximum atomic E-state index is 13.2. The summed E-state index contributed by atoms with van der Waals surface area (Å²) in [7, 11) is 0. The van der Waals surface area contributed by atoms with E-state index in [0.29, 0.717) is 12.2 Å². The van der Waals surface area contributed by atoms with Crippen LogP contribution in [0.1, 0.15) is 27.9 Å². The number of fused-ring (bicyclic) bond motifs is 2. The van der Waals surface area contributed by atoms with Gasteiger partial charge in [0, 0.05) is 28.3 Å². The number of aryl methyl sites for hydroxylation is 1. The monoisotopic (exact) mass is 416 g/mol. The summed E-state index contributed by atoms with van der Waals surface area (Å²) >= 11 is 0. The molecule has 1 aliphatic rings. The van der Waals surface area contributed by atoms with Crippen LogP contribution in [0.15, 0.2) is 101 Å². The zero-order chi connectivity index (χ0) is 21.5. The zero-order valence-corrected chi connectivity index (χ0v) is 17.4. The van der Waals surface area contributed by atoms with Crippen LogP contribution < -0.4 is 0 Å². The number of carbonyl (C=O) groups excluding carboxylic acids is 1. The van der Waals surface area contributed by atoms with Crippen LogP contribution in [0, 0.1) is 0 Å². The second-order valence-corrected chi connectivity index (χ2v) is 8.02. The van der Waals surface area contributed by atoms with Crippen molar-refractivity contribution in [2.45, 2.75) is 12.8 Å². The lowest BCUT2D eigenvalue weighted by Crippen LogP contribution is -2.13. The molecule has 0 bridgehead atoms. The minimum atomic E-state index is 0.0925. The van der Waals surface area contributed by atoms with Crippen molar-refractivity contribution < 1.29 is 9.21 Å². The minimum absolute atomic E-state index is 0.0925. The molecule has 0 aliphatic heterocycles. The molecule has 2 aromatic heterocycles. The molecule has 0 unspecified atom stereocenters. The quantitative estimate of drug-likeness (QED) is 0.316. The molecule has 0 amide bonds. The molecule has 4 nitrogen and oxygen atoms in total. The molecule has 4 heteroatoms. The van der Waals surface area contributed by atoms with Crippen LogP contribution in [0.2, 0.25) is 0 Å². The summed E-state index contributed by atoms with van der Waals surface area (Å²) in [4.78, 5) is 13.2. The molecule has 5 aromatic rings. The van der Waals surface area contributed by atoms with Gasteiger partial charge < -0.3 is 4.42 Å². The van der Waals surface area contributed by atoms with Crippen molar-refractivity contribution in [3.63, 3.8) is 0 Å². The highest BCUT2D eigenvalue weighted by molar-refractivity contribution is 6.13. The number of allylic oxidation sites excluding steroid dienone is 1. The van der Waals surface area contributed by atoms with Crippen molar-refractivity contribution in [1.82, 2.24) is 9.78 Å². The van der Waals surface area contributed by atoms with E-state index in [1.807, 2.05) is 102 Å². The lowest BCUT2D eigenvalue weighted by atomic mass is 9.86. The lowest BCUT2D eigenvalue weighted by molar-refractivity contribution is 0.102. The van der Waals surface area contributed by atoms with Gasteiger partial charge in [0.1, 0.15) is 11.3 Å². The molecule has 6 rings (SSSR count). The van der Waals surface area contributed by atoms with Gasteiger partial charge in [-0.1, -0.05) is 60.7 Å². The van der Waals surface area contributed by atoms with Gasteiger partial charge in [0.05, 0.1) is 5.69 Å². The molecule has 0 saturated heterocycles. The summed E-state index contributed by atoms with van der Waals surface area (Å²) < 4.78 is 7.97. The number of ketones is 1. The zero-order valence-electron chi connectivity index (χ0n) is 17.4. The van der Waals surface area contributed by atoms with Crippen LogP contribution in [0.25, 0.3) is 34.2 Å². The van der Waals surface area contributed by atoms with E-state index < -0.39 is 0 Å². The number of nitrogens with zero attached hydrogens (tertiary/aromatic N) is 2. The molecule has 0 fully saturated rings. The van der Waals surface area contributed by atoms with Gasteiger partial charge in [-0.25, -0.2) is 4.68 Å². The number of aromatic nitrogens is 2. The van der Waals surface area contributed by atoms with Gasteiger partial charge in [-0.3, -0.25) is 4.79 Å². The number of rotatable bonds is 3. The Morgan fingerprint density at radius 3 is 2.53 bits per heavy atom. The average molecular weight is 416 g/mol. The predicted octanol–water partition coefficient (Wildman–Crippen LogP) is 6.50. The maximum Gasteiger partial charge on any atom is 0.189 e. The van der Waals surface area contributed by atoms with Gasteiger partial charge >= 0.3 is 0 Å². The summed E-state index contributed by atoms with van der Waals surface area (Å²) in [5.74, 6) is 0.784. The fraction of sp³-hybridized carbons (Fsp3) is 0.0714. The Morgan fingerprint density at radius 1 is 0.875 bits per heavy atom. The predicted molar refractivity (Wildman–Crippen MR) is 126 cm³/mol.